The third kappa shape index (κ3) is 7.48. The van der Waals surface area contributed by atoms with E-state index in [4.69, 9.17) is 19.2 Å². The number of nitrogens with zero attached hydrogens (tertiary/aromatic N) is 5. The van der Waals surface area contributed by atoms with Gasteiger partial charge in [-0.3, -0.25) is 14.6 Å². The van der Waals surface area contributed by atoms with E-state index in [1.165, 1.54) is 11.1 Å². The standard InChI is InChI=1S/C35H43F2N5O4/c1-44-18-15-31(43)41-16-17-42-27(20-41)19-40(22-29(42)32(24-9-5-3-6-10-24)25-11-7-4-8-12-25)21-28-34(45-2)38-33(26-13-14-26)39-35(28)46-23-30(36)37/h3-12,26-27,29-30,32H,13-23H2,1-2H3. The van der Waals surface area contributed by atoms with Gasteiger partial charge in [0.05, 0.1) is 25.7 Å². The molecule has 3 aliphatic rings. The van der Waals surface area contributed by atoms with Crippen LogP contribution < -0.4 is 9.47 Å². The van der Waals surface area contributed by atoms with Gasteiger partial charge in [0.2, 0.25) is 17.7 Å². The summed E-state index contributed by atoms with van der Waals surface area (Å²) in [5.41, 5.74) is 3.00. The molecule has 1 amide bonds. The van der Waals surface area contributed by atoms with Gasteiger partial charge in [0.1, 0.15) is 5.82 Å². The zero-order valence-electron chi connectivity index (χ0n) is 26.6. The first-order valence-electron chi connectivity index (χ1n) is 16.2. The molecule has 1 aliphatic carbocycles. The molecule has 3 aromatic rings. The maximum atomic E-state index is 13.3. The van der Waals surface area contributed by atoms with Crippen molar-refractivity contribution in [3.63, 3.8) is 0 Å². The van der Waals surface area contributed by atoms with Crippen molar-refractivity contribution in [2.24, 2.45) is 0 Å². The van der Waals surface area contributed by atoms with Crippen LogP contribution in [0.4, 0.5) is 8.78 Å². The highest BCUT2D eigenvalue weighted by molar-refractivity contribution is 5.76. The predicted octanol–water partition coefficient (Wildman–Crippen LogP) is 4.57. The van der Waals surface area contributed by atoms with Gasteiger partial charge in [-0.15, -0.1) is 0 Å². The minimum atomic E-state index is -2.63. The molecule has 2 aliphatic heterocycles. The van der Waals surface area contributed by atoms with Gasteiger partial charge >= 0.3 is 0 Å². The molecular formula is C35H43F2N5O4. The van der Waals surface area contributed by atoms with Crippen LogP contribution in [0, 0.1) is 0 Å². The summed E-state index contributed by atoms with van der Waals surface area (Å²) in [4.78, 5) is 29.3. The van der Waals surface area contributed by atoms with Crippen LogP contribution in [0.3, 0.4) is 0 Å². The fourth-order valence-corrected chi connectivity index (χ4v) is 6.94. The number of benzene rings is 2. The van der Waals surface area contributed by atoms with Crippen molar-refractivity contribution in [3.05, 3.63) is 83.2 Å². The Balaban J connectivity index is 1.36. The predicted molar refractivity (Wildman–Crippen MR) is 169 cm³/mol. The second kappa shape index (κ2) is 14.8. The molecule has 0 spiro atoms. The molecule has 11 heteroatoms. The molecule has 0 bridgehead atoms. The molecule has 246 valence electrons. The van der Waals surface area contributed by atoms with Crippen molar-refractivity contribution in [1.82, 2.24) is 24.7 Å². The Morgan fingerprint density at radius 1 is 0.913 bits per heavy atom. The summed E-state index contributed by atoms with van der Waals surface area (Å²) in [6.45, 7) is 3.37. The monoisotopic (exact) mass is 635 g/mol. The summed E-state index contributed by atoms with van der Waals surface area (Å²) in [5.74, 6) is 1.46. The second-order valence-corrected chi connectivity index (χ2v) is 12.4. The van der Waals surface area contributed by atoms with Gasteiger partial charge in [0.15, 0.2) is 6.61 Å². The van der Waals surface area contributed by atoms with E-state index in [0.29, 0.717) is 63.0 Å². The van der Waals surface area contributed by atoms with E-state index in [1.54, 1.807) is 14.2 Å². The lowest BCUT2D eigenvalue weighted by Gasteiger charge is -2.53. The van der Waals surface area contributed by atoms with E-state index >= 15 is 0 Å². The lowest BCUT2D eigenvalue weighted by atomic mass is 9.81. The molecule has 1 aromatic heterocycles. The van der Waals surface area contributed by atoms with E-state index < -0.39 is 13.0 Å². The minimum absolute atomic E-state index is 0.0528. The third-order valence-electron chi connectivity index (χ3n) is 9.26. The highest BCUT2D eigenvalue weighted by atomic mass is 19.3. The molecule has 1 saturated carbocycles. The van der Waals surface area contributed by atoms with Gasteiger partial charge in [-0.25, -0.2) is 8.78 Å². The van der Waals surface area contributed by atoms with E-state index in [1.807, 2.05) is 17.0 Å². The fourth-order valence-electron chi connectivity index (χ4n) is 6.94. The Bertz CT molecular complexity index is 1410. The van der Waals surface area contributed by atoms with Crippen molar-refractivity contribution >= 4 is 5.91 Å². The normalized spacial score (nSPS) is 20.6. The summed E-state index contributed by atoms with van der Waals surface area (Å²) in [5, 5.41) is 0. The summed E-state index contributed by atoms with van der Waals surface area (Å²) in [6.07, 6.45) is -0.364. The molecule has 2 aromatic carbocycles. The van der Waals surface area contributed by atoms with E-state index in [2.05, 4.69) is 63.3 Å². The Morgan fingerprint density at radius 2 is 1.59 bits per heavy atom. The van der Waals surface area contributed by atoms with Gasteiger partial charge in [-0.2, -0.15) is 9.97 Å². The van der Waals surface area contributed by atoms with Crippen LogP contribution in [-0.2, 0) is 16.1 Å². The number of methoxy groups -OCH3 is 2. The smallest absolute Gasteiger partial charge is 0.272 e. The van der Waals surface area contributed by atoms with Crippen LogP contribution in [0.5, 0.6) is 11.8 Å². The van der Waals surface area contributed by atoms with E-state index in [-0.39, 0.29) is 35.7 Å². The number of halogens is 2. The third-order valence-corrected chi connectivity index (χ3v) is 9.26. The number of hydrogen-bond donors (Lipinski definition) is 0. The Morgan fingerprint density at radius 3 is 2.20 bits per heavy atom. The fraction of sp³-hybridized carbons (Fsp3) is 0.514. The van der Waals surface area contributed by atoms with Crippen LogP contribution in [0.15, 0.2) is 60.7 Å². The van der Waals surface area contributed by atoms with E-state index in [0.717, 1.165) is 19.4 Å². The van der Waals surface area contributed by atoms with Gasteiger partial charge in [0.25, 0.3) is 6.43 Å². The molecule has 2 unspecified atom stereocenters. The summed E-state index contributed by atoms with van der Waals surface area (Å²) in [6, 6.07) is 21.2. The number of fused-ring (bicyclic) bond motifs is 1. The van der Waals surface area contributed by atoms with Crippen molar-refractivity contribution < 1.29 is 27.8 Å². The van der Waals surface area contributed by atoms with Crippen LogP contribution >= 0.6 is 0 Å². The summed E-state index contributed by atoms with van der Waals surface area (Å²) < 4.78 is 43.2. The van der Waals surface area contributed by atoms with Gasteiger partial charge < -0.3 is 19.1 Å². The first-order chi connectivity index (χ1) is 22.4. The van der Waals surface area contributed by atoms with Crippen LogP contribution in [0.1, 0.15) is 53.6 Å². The molecule has 2 saturated heterocycles. The lowest BCUT2D eigenvalue weighted by Crippen LogP contribution is -2.67. The van der Waals surface area contributed by atoms with Crippen LogP contribution in [-0.4, -0.2) is 109 Å². The van der Waals surface area contributed by atoms with Crippen molar-refractivity contribution in [2.75, 3.05) is 60.2 Å². The van der Waals surface area contributed by atoms with Gasteiger partial charge in [0, 0.05) is 70.3 Å². The highest BCUT2D eigenvalue weighted by Gasteiger charge is 2.43. The van der Waals surface area contributed by atoms with Crippen molar-refractivity contribution in [2.45, 2.75) is 56.2 Å². The lowest BCUT2D eigenvalue weighted by molar-refractivity contribution is -0.137. The molecule has 9 nitrogen and oxygen atoms in total. The first kappa shape index (κ1) is 32.3. The maximum absolute atomic E-state index is 13.3. The molecule has 0 N–H and O–H groups in total. The quantitative estimate of drug-likeness (QED) is 0.270. The number of aromatic nitrogens is 2. The largest absolute Gasteiger partial charge is 0.481 e. The van der Waals surface area contributed by atoms with Gasteiger partial charge in [-0.1, -0.05) is 60.7 Å². The molecular weight excluding hydrogens is 592 g/mol. The minimum Gasteiger partial charge on any atom is -0.481 e. The average molecular weight is 636 g/mol. The zero-order valence-corrected chi connectivity index (χ0v) is 26.6. The second-order valence-electron chi connectivity index (χ2n) is 12.4. The van der Waals surface area contributed by atoms with Crippen LogP contribution in [0.25, 0.3) is 0 Å². The van der Waals surface area contributed by atoms with Gasteiger partial charge in [-0.05, 0) is 24.0 Å². The Labute approximate surface area is 269 Å². The molecule has 2 atom stereocenters. The molecule has 6 rings (SSSR count). The number of piperazine rings is 2. The number of carbonyl (C=O) groups is 1. The van der Waals surface area contributed by atoms with Crippen molar-refractivity contribution in [3.8, 4) is 11.8 Å². The Hall–Kier alpha value is -3.67. The van der Waals surface area contributed by atoms with E-state index in [9.17, 15) is 13.6 Å². The highest BCUT2D eigenvalue weighted by Crippen LogP contribution is 2.41. The number of rotatable bonds is 13. The number of ether oxygens (including phenoxy) is 3. The number of alkyl halides is 2. The average Bonchev–Trinajstić information content (AvgIpc) is 3.93. The van der Waals surface area contributed by atoms with Crippen LogP contribution in [0.2, 0.25) is 0 Å². The zero-order chi connectivity index (χ0) is 32.0. The molecule has 3 heterocycles. The SMILES string of the molecule is COCCC(=O)N1CCN2C(CN(Cc3c(OC)nc(C4CC4)nc3OCC(F)F)CC2C(c2ccccc2)c2ccccc2)C1. The molecule has 3 fully saturated rings. The topological polar surface area (TPSA) is 80.3 Å². The summed E-state index contributed by atoms with van der Waals surface area (Å²) in [7, 11) is 3.15. The maximum Gasteiger partial charge on any atom is 0.272 e. The molecule has 46 heavy (non-hydrogen) atoms. The number of hydrogen-bond acceptors (Lipinski definition) is 8. The number of carbonyl (C=O) groups excluding carboxylic acids is 1. The molecule has 0 radical (unpaired) electrons. The first-order valence-corrected chi connectivity index (χ1v) is 16.2. The number of amides is 1. The van der Waals surface area contributed by atoms with Crippen molar-refractivity contribution in [1.29, 1.82) is 0 Å². The Kier molecular flexibility index (Phi) is 10.4. The summed E-state index contributed by atoms with van der Waals surface area (Å²) >= 11 is 0.